The number of carbonyl (C=O) groups excluding carboxylic acids is 1. The van der Waals surface area contributed by atoms with Crippen LogP contribution in [0.4, 0.5) is 0 Å². The first-order valence-electron chi connectivity index (χ1n) is 18.6. The molecule has 10 nitrogen and oxygen atoms in total. The van der Waals surface area contributed by atoms with Gasteiger partial charge < -0.3 is 29.2 Å². The highest BCUT2D eigenvalue weighted by Crippen LogP contribution is 2.89. The van der Waals surface area contributed by atoms with Crippen LogP contribution < -0.4 is 0 Å². The molecule has 0 bridgehead atoms. The van der Waals surface area contributed by atoms with E-state index in [0.29, 0.717) is 31.4 Å². The third-order valence-electron chi connectivity index (χ3n) is 15.9. The normalized spacial score (nSPS) is 50.6. The lowest BCUT2D eigenvalue weighted by atomic mass is 9.41. The summed E-state index contributed by atoms with van der Waals surface area (Å²) >= 11 is 0. The number of fused-ring (bicyclic) bond motifs is 4. The Balaban J connectivity index is 1.13. The van der Waals surface area contributed by atoms with Gasteiger partial charge in [-0.05, 0) is 111 Å². The van der Waals surface area contributed by atoms with Crippen LogP contribution >= 0.6 is 0 Å². The van der Waals surface area contributed by atoms with Gasteiger partial charge in [0.25, 0.3) is 0 Å². The summed E-state index contributed by atoms with van der Waals surface area (Å²) in [5.74, 6) is 0.844. The molecule has 7 aliphatic rings. The fraction of sp³-hybridized carbons (Fsp3) is 0.973. The second kappa shape index (κ2) is 11.1. The van der Waals surface area contributed by atoms with E-state index in [1.165, 1.54) is 30.3 Å². The van der Waals surface area contributed by atoms with Crippen LogP contribution in [-0.4, -0.2) is 97.3 Å². The molecule has 2 heterocycles. The molecule has 7 fully saturated rings. The first-order valence-corrected chi connectivity index (χ1v) is 20.4. The van der Waals surface area contributed by atoms with Crippen molar-refractivity contribution in [1.82, 2.24) is 4.31 Å². The Hall–Kier alpha value is -0.820. The van der Waals surface area contributed by atoms with Gasteiger partial charge in [0.1, 0.15) is 0 Å². The molecular weight excluding hydrogens is 634 g/mol. The van der Waals surface area contributed by atoms with Crippen LogP contribution in [0.1, 0.15) is 107 Å². The maximum Gasteiger partial charge on any atom is 0.303 e. The third kappa shape index (κ3) is 4.83. The van der Waals surface area contributed by atoms with Crippen LogP contribution in [0.2, 0.25) is 0 Å². The molecule has 2 saturated heterocycles. The van der Waals surface area contributed by atoms with E-state index in [0.717, 1.165) is 32.1 Å². The zero-order valence-electron chi connectivity index (χ0n) is 30.7. The van der Waals surface area contributed by atoms with Crippen molar-refractivity contribution >= 4 is 16.0 Å². The molecule has 0 radical (unpaired) electrons. The Labute approximate surface area is 288 Å². The molecule has 2 aliphatic heterocycles. The summed E-state index contributed by atoms with van der Waals surface area (Å²) in [5, 5.41) is 23.6. The van der Waals surface area contributed by atoms with Crippen LogP contribution in [0.5, 0.6) is 0 Å². The predicted molar refractivity (Wildman–Crippen MR) is 179 cm³/mol. The lowest BCUT2D eigenvalue weighted by Gasteiger charge is -2.64. The molecule has 5 saturated carbocycles. The van der Waals surface area contributed by atoms with Crippen LogP contribution in [-0.2, 0) is 33.8 Å². The van der Waals surface area contributed by atoms with Crippen molar-refractivity contribution < 1.29 is 42.4 Å². The van der Waals surface area contributed by atoms with Crippen molar-refractivity contribution in [2.75, 3.05) is 26.0 Å². The Morgan fingerprint density at radius 1 is 1.04 bits per heavy atom. The molecule has 48 heavy (non-hydrogen) atoms. The van der Waals surface area contributed by atoms with Gasteiger partial charge in [0.2, 0.25) is 10.0 Å². The predicted octanol–water partition coefficient (Wildman–Crippen LogP) is 4.51. The summed E-state index contributed by atoms with van der Waals surface area (Å²) < 4.78 is 51.1. The molecule has 2 N–H and O–H groups in total. The number of rotatable bonds is 6. The van der Waals surface area contributed by atoms with Crippen LogP contribution in [0.15, 0.2) is 0 Å². The average molecular weight is 696 g/mol. The van der Waals surface area contributed by atoms with Crippen molar-refractivity contribution in [3.63, 3.8) is 0 Å². The molecule has 0 aromatic rings. The maximum atomic E-state index is 12.5. The number of esters is 1. The number of hydrogen-bond acceptors (Lipinski definition) is 9. The Morgan fingerprint density at radius 2 is 1.71 bits per heavy atom. The van der Waals surface area contributed by atoms with Crippen LogP contribution in [0.25, 0.3) is 0 Å². The van der Waals surface area contributed by atoms with Crippen LogP contribution in [0, 0.1) is 50.7 Å². The number of aliphatic hydroxyl groups is 2. The second-order valence-corrected chi connectivity index (χ2v) is 20.8. The van der Waals surface area contributed by atoms with E-state index in [1.807, 2.05) is 0 Å². The van der Waals surface area contributed by atoms with Gasteiger partial charge in [-0.3, -0.25) is 4.79 Å². The summed E-state index contributed by atoms with van der Waals surface area (Å²) in [4.78, 5) is 12.1. The highest BCUT2D eigenvalue weighted by atomic mass is 32.2. The number of aliphatic hydroxyl groups excluding tert-OH is 1. The van der Waals surface area contributed by atoms with Crippen molar-refractivity contribution in [1.29, 1.82) is 0 Å². The zero-order valence-corrected chi connectivity index (χ0v) is 31.5. The largest absolute Gasteiger partial charge is 0.457 e. The van der Waals surface area contributed by atoms with Gasteiger partial charge in [-0.1, -0.05) is 34.6 Å². The average Bonchev–Trinajstić information content (AvgIpc) is 3.61. The molecule has 0 amide bonds. The van der Waals surface area contributed by atoms with Gasteiger partial charge in [0.15, 0.2) is 12.4 Å². The molecule has 274 valence electrons. The number of hydrogen-bond donors (Lipinski definition) is 2. The Morgan fingerprint density at radius 3 is 2.35 bits per heavy atom. The Bertz CT molecular complexity index is 1410. The molecule has 14 atom stereocenters. The number of sulfonamides is 1. The van der Waals surface area contributed by atoms with E-state index >= 15 is 0 Å². The SMILES string of the molecule is CC(=O)O[C@@H]([C@H]1C[C@@H](C)[C@H]2[C@H](O1)[C@H](O)[C@@]1(C)[C@@H]3CC[C@H]4C(C)(C)[C@@H](O[C@H]5CN(S(C)(=O)=O)CCO5)CC[C@@]45C[C@@]35CC[C@]21C)C(C)(C)O. The summed E-state index contributed by atoms with van der Waals surface area (Å²) in [6.45, 7) is 17.4. The summed E-state index contributed by atoms with van der Waals surface area (Å²) in [6, 6.07) is 0. The third-order valence-corrected chi connectivity index (χ3v) is 17.1. The van der Waals surface area contributed by atoms with Crippen molar-refractivity contribution in [3.8, 4) is 0 Å². The molecule has 0 aromatic carbocycles. The molecule has 7 rings (SSSR count). The van der Waals surface area contributed by atoms with Gasteiger partial charge in [0, 0.05) is 18.9 Å². The topological polar surface area (TPSA) is 132 Å². The lowest BCUT2D eigenvalue weighted by molar-refractivity contribution is -0.243. The first kappa shape index (κ1) is 35.6. The second-order valence-electron chi connectivity index (χ2n) is 18.8. The lowest BCUT2D eigenvalue weighted by Crippen LogP contribution is -2.60. The number of nitrogens with zero attached hydrogens (tertiary/aromatic N) is 1. The smallest absolute Gasteiger partial charge is 0.303 e. The van der Waals surface area contributed by atoms with Gasteiger partial charge in [-0.25, -0.2) is 8.42 Å². The van der Waals surface area contributed by atoms with E-state index in [4.69, 9.17) is 18.9 Å². The zero-order chi connectivity index (χ0) is 35.0. The first-order chi connectivity index (χ1) is 22.1. The van der Waals surface area contributed by atoms with Crippen molar-refractivity contribution in [3.05, 3.63) is 0 Å². The maximum absolute atomic E-state index is 12.5. The summed E-state index contributed by atoms with van der Waals surface area (Å²) in [7, 11) is -3.30. The van der Waals surface area contributed by atoms with Crippen molar-refractivity contribution in [2.45, 2.75) is 149 Å². The molecule has 11 heteroatoms. The fourth-order valence-electron chi connectivity index (χ4n) is 13.8. The van der Waals surface area contributed by atoms with E-state index in [9.17, 15) is 23.4 Å². The van der Waals surface area contributed by atoms with Crippen molar-refractivity contribution in [2.24, 2.45) is 50.7 Å². The molecule has 0 aromatic heterocycles. The minimum atomic E-state index is -3.30. The number of morpholine rings is 1. The molecule has 0 unspecified atom stereocenters. The minimum Gasteiger partial charge on any atom is -0.457 e. The standard InChI is InChI=1S/C37H61NO9S/c1-21-18-23(31(33(5,6)41)45-22(2)39)46-29-28(21)34(7)14-15-37-20-36(37)13-12-26(47-27-19-38(16-17-44-27)48(9,42)43)32(3,4)24(36)10-11-25(37)35(34,8)30(29)40/h21,23-31,40-41H,10-20H2,1-9H3/t21-,23-,24+,25+,26+,27+,28+,29+,30+,31+,34-,35-,36-,37+/m1/s1. The number of carbonyl (C=O) groups is 1. The van der Waals surface area contributed by atoms with Gasteiger partial charge in [0.05, 0.1) is 49.4 Å². The monoisotopic (exact) mass is 695 g/mol. The van der Waals surface area contributed by atoms with E-state index in [1.54, 1.807) is 13.8 Å². The van der Waals surface area contributed by atoms with E-state index < -0.39 is 46.2 Å². The number of ether oxygens (including phenoxy) is 4. The summed E-state index contributed by atoms with van der Waals surface area (Å²) in [6.07, 6.45) is 6.62. The van der Waals surface area contributed by atoms with Gasteiger partial charge in [-0.2, -0.15) is 4.31 Å². The molecule has 2 spiro atoms. The highest BCUT2D eigenvalue weighted by Gasteiger charge is 2.84. The van der Waals surface area contributed by atoms with Crippen LogP contribution in [0.3, 0.4) is 0 Å². The summed E-state index contributed by atoms with van der Waals surface area (Å²) in [5.41, 5.74) is -1.39. The molecule has 5 aliphatic carbocycles. The van der Waals surface area contributed by atoms with Gasteiger partial charge in [-0.15, -0.1) is 0 Å². The quantitative estimate of drug-likeness (QED) is 0.386. The molecular formula is C37H61NO9S. The Kier molecular flexibility index (Phi) is 8.22. The highest BCUT2D eigenvalue weighted by molar-refractivity contribution is 7.88. The van der Waals surface area contributed by atoms with E-state index in [-0.39, 0.29) is 57.7 Å². The van der Waals surface area contributed by atoms with E-state index in [2.05, 4.69) is 34.6 Å². The minimum absolute atomic E-state index is 0.0108. The van der Waals surface area contributed by atoms with Gasteiger partial charge >= 0.3 is 5.97 Å². The fourth-order valence-corrected chi connectivity index (χ4v) is 14.6.